The number of benzene rings is 2. The van der Waals surface area contributed by atoms with Gasteiger partial charge in [0.2, 0.25) is 5.91 Å². The highest BCUT2D eigenvalue weighted by atomic mass is 35.5. The molecule has 3 aliphatic rings. The van der Waals surface area contributed by atoms with Crippen molar-refractivity contribution in [3.8, 4) is 0 Å². The third-order valence-electron chi connectivity index (χ3n) is 10.7. The summed E-state index contributed by atoms with van der Waals surface area (Å²) in [6.45, 7) is 2.36. The minimum Gasteiger partial charge on any atom is -0.446 e. The van der Waals surface area contributed by atoms with Gasteiger partial charge in [0.15, 0.2) is 0 Å². The summed E-state index contributed by atoms with van der Waals surface area (Å²) in [6, 6.07) is 19.5. The summed E-state index contributed by atoms with van der Waals surface area (Å²) in [6.07, 6.45) is 13.4. The molecule has 0 unspecified atom stereocenters. The summed E-state index contributed by atoms with van der Waals surface area (Å²) < 4.78 is 8.16. The summed E-state index contributed by atoms with van der Waals surface area (Å²) >= 11 is 6.52. The molecule has 1 aliphatic heterocycles. The van der Waals surface area contributed by atoms with Gasteiger partial charge in [0.05, 0.1) is 18.1 Å². The number of hydrogen-bond donors (Lipinski definition) is 0. The number of halogens is 1. The molecular formula is C40H47ClN6O3. The van der Waals surface area contributed by atoms with Crippen LogP contribution in [0.1, 0.15) is 78.2 Å². The number of carbonyl (C=O) groups excluding carboxylic acids is 2. The summed E-state index contributed by atoms with van der Waals surface area (Å²) in [5.41, 5.74) is 6.75. The first-order chi connectivity index (χ1) is 24.4. The van der Waals surface area contributed by atoms with E-state index in [-0.39, 0.29) is 24.1 Å². The normalized spacial score (nSPS) is 19.7. The number of fused-ring (bicyclic) bond motifs is 2. The predicted octanol–water partition coefficient (Wildman–Crippen LogP) is 6.77. The number of amides is 2. The van der Waals surface area contributed by atoms with Crippen molar-refractivity contribution in [2.75, 3.05) is 26.2 Å². The van der Waals surface area contributed by atoms with Gasteiger partial charge in [-0.1, -0.05) is 60.5 Å². The molecule has 2 amide bonds. The standard InChI is InChI=1S/C40H47ClN6O3/c1-44-28-42-25-33(44)13-9-21-46(26-29-10-4-2-5-11-29)39(48)36-27-45(22-23-47(36)40(49)50-34-14-6-3-7-15-34)38-35-19-18-32(41)24-31(35)17-16-30-12-8-20-43-37(30)38/h2,4-5,8,10-12,18-20,24-25,28,34,36,38H,3,6-7,9,13-17,21-23,26-27H2,1H3/t36-,38-/m1/s1. The smallest absolute Gasteiger partial charge is 0.410 e. The molecule has 4 aromatic rings. The van der Waals surface area contributed by atoms with Crippen LogP contribution < -0.4 is 0 Å². The Bertz CT molecular complexity index is 1770. The van der Waals surface area contributed by atoms with Crippen LogP contribution in [0.3, 0.4) is 0 Å². The first kappa shape index (κ1) is 34.2. The molecule has 0 N–H and O–H groups in total. The Morgan fingerprint density at radius 2 is 1.80 bits per heavy atom. The second kappa shape index (κ2) is 15.8. The average molecular weight is 695 g/mol. The lowest BCUT2D eigenvalue weighted by Gasteiger charge is -2.45. The highest BCUT2D eigenvalue weighted by molar-refractivity contribution is 6.30. The fraction of sp³-hybridized carbons (Fsp3) is 0.450. The van der Waals surface area contributed by atoms with E-state index in [0.717, 1.165) is 73.9 Å². The van der Waals surface area contributed by atoms with Crippen LogP contribution in [0.15, 0.2) is 79.4 Å². The van der Waals surface area contributed by atoms with Crippen molar-refractivity contribution < 1.29 is 14.3 Å². The van der Waals surface area contributed by atoms with Crippen molar-refractivity contribution in [1.29, 1.82) is 0 Å². The molecule has 2 atom stereocenters. The van der Waals surface area contributed by atoms with Gasteiger partial charge in [-0.25, -0.2) is 9.78 Å². The van der Waals surface area contributed by atoms with E-state index in [1.807, 2.05) is 59.2 Å². The molecule has 2 fully saturated rings. The van der Waals surface area contributed by atoms with E-state index >= 15 is 4.79 Å². The quantitative estimate of drug-likeness (QED) is 0.192. The summed E-state index contributed by atoms with van der Waals surface area (Å²) in [5, 5.41) is 0.715. The van der Waals surface area contributed by atoms with Crippen molar-refractivity contribution in [2.24, 2.45) is 7.05 Å². The Balaban J connectivity index is 1.21. The number of aryl methyl sites for hydroxylation is 4. The lowest BCUT2D eigenvalue weighted by atomic mass is 9.95. The van der Waals surface area contributed by atoms with E-state index in [2.05, 4.69) is 40.2 Å². The van der Waals surface area contributed by atoms with E-state index in [9.17, 15) is 4.79 Å². The summed E-state index contributed by atoms with van der Waals surface area (Å²) in [7, 11) is 1.99. The number of hydrogen-bond acceptors (Lipinski definition) is 6. The number of ether oxygens (including phenoxy) is 1. The molecular weight excluding hydrogens is 648 g/mol. The molecule has 50 heavy (non-hydrogen) atoms. The van der Waals surface area contributed by atoms with Gasteiger partial charge in [-0.2, -0.15) is 0 Å². The number of pyridine rings is 1. The maximum absolute atomic E-state index is 15.0. The second-order valence-electron chi connectivity index (χ2n) is 14.0. The van der Waals surface area contributed by atoms with Gasteiger partial charge in [0.1, 0.15) is 12.1 Å². The number of piperazine rings is 1. The summed E-state index contributed by atoms with van der Waals surface area (Å²) in [4.78, 5) is 44.2. The van der Waals surface area contributed by atoms with Gasteiger partial charge in [-0.3, -0.25) is 19.6 Å². The molecule has 1 saturated heterocycles. The molecule has 262 valence electrons. The highest BCUT2D eigenvalue weighted by Crippen LogP contribution is 2.38. The number of aromatic nitrogens is 3. The largest absolute Gasteiger partial charge is 0.446 e. The van der Waals surface area contributed by atoms with Crippen LogP contribution in [0, 0.1) is 0 Å². The van der Waals surface area contributed by atoms with Gasteiger partial charge in [-0.05, 0) is 91.8 Å². The van der Waals surface area contributed by atoms with Crippen LogP contribution in [-0.2, 0) is 42.4 Å². The molecule has 3 heterocycles. The minimum absolute atomic E-state index is 0.0599. The van der Waals surface area contributed by atoms with E-state index in [1.54, 1.807) is 11.2 Å². The van der Waals surface area contributed by atoms with Crippen molar-refractivity contribution in [3.05, 3.63) is 118 Å². The molecule has 0 spiro atoms. The molecule has 7 rings (SSSR count). The van der Waals surface area contributed by atoms with Gasteiger partial charge in [-0.15, -0.1) is 0 Å². The molecule has 2 aromatic carbocycles. The van der Waals surface area contributed by atoms with Crippen molar-refractivity contribution in [2.45, 2.75) is 82.5 Å². The molecule has 1 saturated carbocycles. The topological polar surface area (TPSA) is 83.8 Å². The first-order valence-corrected chi connectivity index (χ1v) is 18.5. The summed E-state index contributed by atoms with van der Waals surface area (Å²) in [5.74, 6) is -0.0599. The zero-order valence-corrected chi connectivity index (χ0v) is 29.7. The SMILES string of the molecule is Cn1cncc1CCCN(Cc1ccccc1)C(=O)[C@H]1CN([C@@H]2c3ccc(Cl)cc3CCc3cccnc32)CCN1C(=O)OC1CCCCC1. The Kier molecular flexibility index (Phi) is 10.8. The van der Waals surface area contributed by atoms with Gasteiger partial charge < -0.3 is 14.2 Å². The highest BCUT2D eigenvalue weighted by Gasteiger charge is 2.42. The number of carbonyl (C=O) groups is 2. The van der Waals surface area contributed by atoms with Crippen molar-refractivity contribution in [3.63, 3.8) is 0 Å². The van der Waals surface area contributed by atoms with Crippen LogP contribution in [0.25, 0.3) is 0 Å². The fourth-order valence-corrected chi connectivity index (χ4v) is 8.17. The Labute approximate surface area is 300 Å². The third-order valence-corrected chi connectivity index (χ3v) is 10.9. The monoisotopic (exact) mass is 694 g/mol. The van der Waals surface area contributed by atoms with Crippen LogP contribution in [0.4, 0.5) is 4.79 Å². The van der Waals surface area contributed by atoms with E-state index in [4.69, 9.17) is 21.3 Å². The first-order valence-electron chi connectivity index (χ1n) is 18.2. The fourth-order valence-electron chi connectivity index (χ4n) is 7.97. The number of imidazole rings is 1. The van der Waals surface area contributed by atoms with Crippen LogP contribution in [-0.4, -0.2) is 79.6 Å². The van der Waals surface area contributed by atoms with Crippen molar-refractivity contribution in [1.82, 2.24) is 29.2 Å². The van der Waals surface area contributed by atoms with Gasteiger partial charge in [0, 0.05) is 62.9 Å². The molecule has 10 heteroatoms. The Morgan fingerprint density at radius 1 is 0.980 bits per heavy atom. The third kappa shape index (κ3) is 7.74. The Morgan fingerprint density at radius 3 is 2.60 bits per heavy atom. The maximum atomic E-state index is 15.0. The average Bonchev–Trinajstić information content (AvgIpc) is 3.48. The predicted molar refractivity (Wildman–Crippen MR) is 194 cm³/mol. The second-order valence-corrected chi connectivity index (χ2v) is 14.4. The van der Waals surface area contributed by atoms with Crippen LogP contribution in [0.5, 0.6) is 0 Å². The lowest BCUT2D eigenvalue weighted by Crippen LogP contribution is -2.62. The van der Waals surface area contributed by atoms with Crippen molar-refractivity contribution >= 4 is 23.6 Å². The molecule has 0 radical (unpaired) electrons. The van der Waals surface area contributed by atoms with Gasteiger partial charge in [0.25, 0.3) is 0 Å². The zero-order valence-electron chi connectivity index (χ0n) is 28.9. The maximum Gasteiger partial charge on any atom is 0.410 e. The van der Waals surface area contributed by atoms with E-state index in [1.165, 1.54) is 17.5 Å². The number of rotatable bonds is 9. The molecule has 9 nitrogen and oxygen atoms in total. The molecule has 2 aromatic heterocycles. The molecule has 2 aliphatic carbocycles. The van der Waals surface area contributed by atoms with Gasteiger partial charge >= 0.3 is 6.09 Å². The lowest BCUT2D eigenvalue weighted by molar-refractivity contribution is -0.140. The molecule has 0 bridgehead atoms. The number of nitrogens with zero attached hydrogens (tertiary/aromatic N) is 6. The Hall–Kier alpha value is -4.21. The van der Waals surface area contributed by atoms with Crippen LogP contribution in [0.2, 0.25) is 5.02 Å². The minimum atomic E-state index is -0.716. The van der Waals surface area contributed by atoms with E-state index < -0.39 is 6.04 Å². The van der Waals surface area contributed by atoms with Crippen LogP contribution >= 0.6 is 11.6 Å². The van der Waals surface area contributed by atoms with E-state index in [0.29, 0.717) is 37.7 Å². The zero-order chi connectivity index (χ0) is 34.5.